The number of anilines is 1. The second-order valence-corrected chi connectivity index (χ2v) is 6.09. The molecule has 0 unspecified atom stereocenters. The van der Waals surface area contributed by atoms with Gasteiger partial charge in [0.15, 0.2) is 12.4 Å². The smallest absolute Gasteiger partial charge is 0.173 e. The highest BCUT2D eigenvalue weighted by Crippen LogP contribution is 2.31. The van der Waals surface area contributed by atoms with Crippen LogP contribution in [0.4, 0.5) is 17.2 Å². The molecule has 0 aliphatic heterocycles. The van der Waals surface area contributed by atoms with Crippen LogP contribution in [0, 0.1) is 0 Å². The Kier molecular flexibility index (Phi) is 6.36. The summed E-state index contributed by atoms with van der Waals surface area (Å²) in [7, 11) is 1.96. The number of rotatable bonds is 4. The fourth-order valence-corrected chi connectivity index (χ4v) is 2.50. The Labute approximate surface area is 161 Å². The largest absolute Gasteiger partial charge is 1.00 e. The second-order valence-electron chi connectivity index (χ2n) is 5.25. The van der Waals surface area contributed by atoms with Crippen LogP contribution in [0.5, 0.6) is 0 Å². The summed E-state index contributed by atoms with van der Waals surface area (Å²) in [6.07, 6.45) is 5.54. The van der Waals surface area contributed by atoms with Crippen molar-refractivity contribution in [2.24, 2.45) is 17.3 Å². The lowest BCUT2D eigenvalue weighted by molar-refractivity contribution is -0.671. The van der Waals surface area contributed by atoms with Gasteiger partial charge in [-0.15, -0.1) is 10.2 Å². The van der Waals surface area contributed by atoms with Gasteiger partial charge in [-0.3, -0.25) is 0 Å². The van der Waals surface area contributed by atoms with Crippen LogP contribution in [0.25, 0.3) is 0 Å². The third-order valence-electron chi connectivity index (χ3n) is 3.37. The Hall–Kier alpha value is -2.15. The molecular formula is C16H15Cl3N6. The van der Waals surface area contributed by atoms with E-state index in [4.69, 9.17) is 28.9 Å². The van der Waals surface area contributed by atoms with Crippen molar-refractivity contribution in [1.82, 2.24) is 9.78 Å². The van der Waals surface area contributed by atoms with Crippen molar-refractivity contribution in [3.63, 3.8) is 0 Å². The fraction of sp³-hybridized carbons (Fsp3) is 0.125. The van der Waals surface area contributed by atoms with E-state index in [1.54, 1.807) is 29.1 Å². The number of aromatic nitrogens is 3. The second kappa shape index (κ2) is 8.29. The van der Waals surface area contributed by atoms with Gasteiger partial charge in [0.25, 0.3) is 0 Å². The lowest BCUT2D eigenvalue weighted by Gasteiger charge is -2.03. The molecule has 2 heterocycles. The minimum Gasteiger partial charge on any atom is -1.00 e. The molecule has 3 aromatic rings. The monoisotopic (exact) mass is 396 g/mol. The molecular weight excluding hydrogens is 383 g/mol. The molecule has 25 heavy (non-hydrogen) atoms. The van der Waals surface area contributed by atoms with E-state index in [2.05, 4.69) is 15.3 Å². The molecule has 0 radical (unpaired) electrons. The summed E-state index contributed by atoms with van der Waals surface area (Å²) >= 11 is 12.0. The highest BCUT2D eigenvalue weighted by Gasteiger charge is 2.09. The minimum absolute atomic E-state index is 0. The lowest BCUT2D eigenvalue weighted by Crippen LogP contribution is -3.00. The van der Waals surface area contributed by atoms with Crippen LogP contribution >= 0.6 is 23.2 Å². The summed E-state index contributed by atoms with van der Waals surface area (Å²) in [5.74, 6) is 0.434. The third kappa shape index (κ3) is 4.69. The van der Waals surface area contributed by atoms with Crippen molar-refractivity contribution in [2.75, 3.05) is 5.73 Å². The van der Waals surface area contributed by atoms with E-state index in [-0.39, 0.29) is 12.4 Å². The van der Waals surface area contributed by atoms with Crippen LogP contribution in [0.1, 0.15) is 5.56 Å². The van der Waals surface area contributed by atoms with Gasteiger partial charge in [0.05, 0.1) is 17.8 Å². The van der Waals surface area contributed by atoms with Crippen molar-refractivity contribution >= 4 is 40.4 Å². The average Bonchev–Trinajstić information content (AvgIpc) is 2.89. The number of nitrogen functional groups attached to an aromatic ring is 1. The van der Waals surface area contributed by atoms with E-state index in [9.17, 15) is 0 Å². The first-order chi connectivity index (χ1) is 11.5. The zero-order valence-corrected chi connectivity index (χ0v) is 15.5. The Balaban J connectivity index is 0.00000225. The minimum atomic E-state index is 0. The number of aryl methyl sites for hydroxylation is 1. The highest BCUT2D eigenvalue weighted by molar-refractivity contribution is 6.35. The van der Waals surface area contributed by atoms with Crippen molar-refractivity contribution in [3.8, 4) is 0 Å². The predicted molar refractivity (Wildman–Crippen MR) is 94.0 cm³/mol. The van der Waals surface area contributed by atoms with Crippen LogP contribution < -0.4 is 22.7 Å². The van der Waals surface area contributed by atoms with E-state index in [1.807, 2.05) is 36.1 Å². The van der Waals surface area contributed by atoms with Gasteiger partial charge >= 0.3 is 0 Å². The number of pyridine rings is 1. The van der Waals surface area contributed by atoms with Crippen LogP contribution in [0.3, 0.4) is 0 Å². The molecule has 1 aromatic carbocycles. The molecule has 0 amide bonds. The van der Waals surface area contributed by atoms with Gasteiger partial charge in [0.1, 0.15) is 24.2 Å². The van der Waals surface area contributed by atoms with Crippen molar-refractivity contribution in [1.29, 1.82) is 0 Å². The molecule has 6 nitrogen and oxygen atoms in total. The molecule has 0 bridgehead atoms. The van der Waals surface area contributed by atoms with Gasteiger partial charge in [-0.25, -0.2) is 9.25 Å². The number of azo groups is 1. The first kappa shape index (κ1) is 19.2. The first-order valence-corrected chi connectivity index (χ1v) is 7.91. The molecule has 0 aliphatic carbocycles. The Bertz CT molecular complexity index is 907. The van der Waals surface area contributed by atoms with Gasteiger partial charge in [-0.05, 0) is 24.3 Å². The van der Waals surface area contributed by atoms with Crippen molar-refractivity contribution in [3.05, 3.63) is 64.5 Å². The molecule has 2 N–H and O–H groups in total. The zero-order valence-electron chi connectivity index (χ0n) is 13.3. The summed E-state index contributed by atoms with van der Waals surface area (Å²) in [5, 5.41) is 13.5. The maximum Gasteiger partial charge on any atom is 0.173 e. The van der Waals surface area contributed by atoms with Crippen LogP contribution in [0.2, 0.25) is 10.0 Å². The number of benzene rings is 1. The number of hydrogen-bond donors (Lipinski definition) is 1. The molecule has 9 heteroatoms. The normalized spacial score (nSPS) is 10.8. The van der Waals surface area contributed by atoms with Gasteiger partial charge in [0.2, 0.25) is 0 Å². The number of hydrogen-bond acceptors (Lipinski definition) is 4. The number of nitrogens with zero attached hydrogens (tertiary/aromatic N) is 5. The molecule has 130 valence electrons. The quantitative estimate of drug-likeness (QED) is 0.528. The lowest BCUT2D eigenvalue weighted by atomic mass is 10.3. The van der Waals surface area contributed by atoms with E-state index in [0.29, 0.717) is 33.8 Å². The first-order valence-electron chi connectivity index (χ1n) is 7.15. The number of nitrogens with two attached hydrogens (primary N) is 1. The van der Waals surface area contributed by atoms with Crippen molar-refractivity contribution < 1.29 is 17.0 Å². The van der Waals surface area contributed by atoms with E-state index < -0.39 is 0 Å². The van der Waals surface area contributed by atoms with Crippen LogP contribution in [-0.4, -0.2) is 9.78 Å². The summed E-state index contributed by atoms with van der Waals surface area (Å²) in [4.78, 5) is 0. The molecule has 0 aliphatic rings. The summed E-state index contributed by atoms with van der Waals surface area (Å²) in [6.45, 7) is 0.550. The highest BCUT2D eigenvalue weighted by atomic mass is 35.5. The Morgan fingerprint density at radius 3 is 2.72 bits per heavy atom. The molecule has 0 spiro atoms. The van der Waals surface area contributed by atoms with E-state index >= 15 is 0 Å². The van der Waals surface area contributed by atoms with Gasteiger partial charge in [-0.2, -0.15) is 5.10 Å². The van der Waals surface area contributed by atoms with Crippen LogP contribution in [0.15, 0.2) is 59.2 Å². The Morgan fingerprint density at radius 2 is 1.96 bits per heavy atom. The molecule has 0 fully saturated rings. The van der Waals surface area contributed by atoms with Gasteiger partial charge in [0, 0.05) is 16.7 Å². The molecule has 0 atom stereocenters. The molecule has 3 rings (SSSR count). The van der Waals surface area contributed by atoms with Gasteiger partial charge < -0.3 is 18.1 Å². The SMILES string of the molecule is C[n+]1cccc(Cn2ncc(/N=N/c3cc(Cl)ccc3Cl)c2N)c1.[Cl-]. The third-order valence-corrected chi connectivity index (χ3v) is 3.92. The number of halogens is 3. The maximum absolute atomic E-state index is 6.10. The fourth-order valence-electron chi connectivity index (χ4n) is 2.17. The van der Waals surface area contributed by atoms with Crippen LogP contribution in [-0.2, 0) is 13.6 Å². The molecule has 2 aromatic heterocycles. The predicted octanol–water partition coefficient (Wildman–Crippen LogP) is 1.06. The standard InChI is InChI=1S/C16H15Cl2N6.ClH/c1-23-6-2-3-11(9-23)10-24-16(19)15(8-20-24)22-21-14-7-12(17)4-5-13(14)18;/h2-9H,10,19H2,1H3;1H/q+1;/p-1/b22-21+;. The Morgan fingerprint density at radius 1 is 1.20 bits per heavy atom. The van der Waals surface area contributed by atoms with E-state index in [0.717, 1.165) is 5.56 Å². The average molecular weight is 398 g/mol. The van der Waals surface area contributed by atoms with Gasteiger partial charge in [-0.1, -0.05) is 23.2 Å². The molecule has 0 saturated carbocycles. The maximum atomic E-state index is 6.10. The zero-order chi connectivity index (χ0) is 17.1. The topological polar surface area (TPSA) is 72.4 Å². The summed E-state index contributed by atoms with van der Waals surface area (Å²) < 4.78 is 3.64. The summed E-state index contributed by atoms with van der Waals surface area (Å²) in [6, 6.07) is 8.97. The molecule has 0 saturated heterocycles. The summed E-state index contributed by atoms with van der Waals surface area (Å²) in [5.41, 5.74) is 8.14. The van der Waals surface area contributed by atoms with Crippen molar-refractivity contribution in [2.45, 2.75) is 6.54 Å². The van der Waals surface area contributed by atoms with E-state index in [1.165, 1.54) is 0 Å².